The van der Waals surface area contributed by atoms with Crippen molar-refractivity contribution >= 4 is 21.6 Å². The first-order valence-electron chi connectivity index (χ1n) is 6.91. The van der Waals surface area contributed by atoms with E-state index in [-0.39, 0.29) is 4.90 Å². The van der Waals surface area contributed by atoms with Gasteiger partial charge >= 0.3 is 0 Å². The van der Waals surface area contributed by atoms with Gasteiger partial charge in [-0.25, -0.2) is 13.6 Å². The van der Waals surface area contributed by atoms with Gasteiger partial charge in [-0.05, 0) is 48.5 Å². The number of nitrogens with two attached hydrogens (primary N) is 1. The standard InChI is InChI=1S/C16H14ClN3O3S/c1-23-15-10-20(13-6-4-12(17)5-7-13)16(19-15)11-2-8-14(9-3-11)24(18,21)22/h2-10H,1H3,(H2,18,21,22). The highest BCUT2D eigenvalue weighted by Crippen LogP contribution is 2.27. The van der Waals surface area contributed by atoms with Crippen LogP contribution in [-0.4, -0.2) is 25.1 Å². The molecule has 0 atom stereocenters. The van der Waals surface area contributed by atoms with Gasteiger partial charge in [0.15, 0.2) is 0 Å². The Morgan fingerprint density at radius 2 is 1.71 bits per heavy atom. The lowest BCUT2D eigenvalue weighted by molar-refractivity contribution is 0.400. The number of rotatable bonds is 4. The lowest BCUT2D eigenvalue weighted by atomic mass is 10.2. The average molecular weight is 364 g/mol. The number of methoxy groups -OCH3 is 1. The van der Waals surface area contributed by atoms with Crippen LogP contribution >= 0.6 is 11.6 Å². The summed E-state index contributed by atoms with van der Waals surface area (Å²) in [7, 11) is -2.20. The fourth-order valence-corrected chi connectivity index (χ4v) is 2.89. The summed E-state index contributed by atoms with van der Waals surface area (Å²) in [6, 6.07) is 13.4. The summed E-state index contributed by atoms with van der Waals surface area (Å²) in [6.45, 7) is 0. The molecule has 1 heterocycles. The molecule has 0 unspecified atom stereocenters. The highest BCUT2D eigenvalue weighted by molar-refractivity contribution is 7.89. The summed E-state index contributed by atoms with van der Waals surface area (Å²) < 4.78 is 29.8. The Hall–Kier alpha value is -2.35. The number of aromatic nitrogens is 2. The molecule has 0 saturated carbocycles. The Morgan fingerprint density at radius 1 is 1.08 bits per heavy atom. The van der Waals surface area contributed by atoms with Crippen molar-refractivity contribution < 1.29 is 13.2 Å². The van der Waals surface area contributed by atoms with Crippen LogP contribution in [0.15, 0.2) is 59.6 Å². The van der Waals surface area contributed by atoms with Gasteiger partial charge < -0.3 is 4.74 Å². The van der Waals surface area contributed by atoms with Crippen molar-refractivity contribution in [2.75, 3.05) is 7.11 Å². The van der Waals surface area contributed by atoms with Crippen LogP contribution in [-0.2, 0) is 10.0 Å². The third-order valence-corrected chi connectivity index (χ3v) is 4.62. The van der Waals surface area contributed by atoms with Crippen molar-refractivity contribution in [2.24, 2.45) is 5.14 Å². The minimum atomic E-state index is -3.73. The van der Waals surface area contributed by atoms with Gasteiger partial charge in [0.05, 0.1) is 18.2 Å². The molecular formula is C16H14ClN3O3S. The predicted molar refractivity (Wildman–Crippen MR) is 91.9 cm³/mol. The highest BCUT2D eigenvalue weighted by Gasteiger charge is 2.14. The molecule has 6 nitrogen and oxygen atoms in total. The summed E-state index contributed by atoms with van der Waals surface area (Å²) >= 11 is 5.93. The summed E-state index contributed by atoms with van der Waals surface area (Å²) in [6.07, 6.45) is 1.74. The molecule has 0 aliphatic heterocycles. The molecule has 0 aliphatic rings. The summed E-state index contributed by atoms with van der Waals surface area (Å²) in [5, 5.41) is 5.75. The van der Waals surface area contributed by atoms with Crippen molar-refractivity contribution in [1.82, 2.24) is 9.55 Å². The summed E-state index contributed by atoms with van der Waals surface area (Å²) in [5.74, 6) is 1.05. The molecule has 0 bridgehead atoms. The Labute approximate surface area is 144 Å². The first-order valence-corrected chi connectivity index (χ1v) is 8.83. The van der Waals surface area contributed by atoms with E-state index in [0.717, 1.165) is 11.3 Å². The van der Waals surface area contributed by atoms with Gasteiger partial charge in [-0.2, -0.15) is 4.98 Å². The number of halogens is 1. The van der Waals surface area contributed by atoms with E-state index in [0.29, 0.717) is 16.7 Å². The Kier molecular flexibility index (Phi) is 4.31. The second-order valence-corrected chi connectivity index (χ2v) is 7.02. The molecule has 2 aromatic carbocycles. The lowest BCUT2D eigenvalue weighted by Gasteiger charge is -2.08. The first-order chi connectivity index (χ1) is 11.4. The average Bonchev–Trinajstić information content (AvgIpc) is 2.99. The molecule has 24 heavy (non-hydrogen) atoms. The van der Waals surface area contributed by atoms with E-state index < -0.39 is 10.0 Å². The number of primary sulfonamides is 1. The molecule has 1 aromatic heterocycles. The quantitative estimate of drug-likeness (QED) is 0.772. The van der Waals surface area contributed by atoms with Gasteiger partial charge in [0.2, 0.25) is 15.9 Å². The van der Waals surface area contributed by atoms with Crippen molar-refractivity contribution in [3.63, 3.8) is 0 Å². The molecule has 0 amide bonds. The zero-order valence-corrected chi connectivity index (χ0v) is 14.3. The number of hydrogen-bond donors (Lipinski definition) is 1. The molecule has 3 aromatic rings. The van der Waals surface area contributed by atoms with Crippen molar-refractivity contribution in [1.29, 1.82) is 0 Å². The summed E-state index contributed by atoms with van der Waals surface area (Å²) in [5.41, 5.74) is 1.57. The minimum absolute atomic E-state index is 0.0443. The third-order valence-electron chi connectivity index (χ3n) is 3.44. The van der Waals surface area contributed by atoms with Gasteiger partial charge in [-0.15, -0.1) is 0 Å². The molecule has 0 saturated heterocycles. The highest BCUT2D eigenvalue weighted by atomic mass is 35.5. The van der Waals surface area contributed by atoms with Crippen LogP contribution in [0.1, 0.15) is 0 Å². The first kappa shape index (κ1) is 16.5. The predicted octanol–water partition coefficient (Wildman–Crippen LogP) is 2.85. The fraction of sp³-hybridized carbons (Fsp3) is 0.0625. The fourth-order valence-electron chi connectivity index (χ4n) is 2.25. The topological polar surface area (TPSA) is 87.2 Å². The van der Waals surface area contributed by atoms with Crippen molar-refractivity contribution in [3.8, 4) is 23.0 Å². The van der Waals surface area contributed by atoms with Gasteiger partial charge in [0.1, 0.15) is 5.82 Å². The van der Waals surface area contributed by atoms with Crippen LogP contribution in [0.25, 0.3) is 17.1 Å². The van der Waals surface area contributed by atoms with E-state index >= 15 is 0 Å². The lowest BCUT2D eigenvalue weighted by Crippen LogP contribution is -2.11. The molecule has 0 aliphatic carbocycles. The second-order valence-electron chi connectivity index (χ2n) is 5.02. The zero-order chi connectivity index (χ0) is 17.3. The number of imidazole rings is 1. The molecule has 0 radical (unpaired) electrons. The monoisotopic (exact) mass is 363 g/mol. The van der Waals surface area contributed by atoms with Crippen molar-refractivity contribution in [3.05, 3.63) is 59.8 Å². The maximum absolute atomic E-state index is 11.4. The molecule has 0 spiro atoms. The van der Waals surface area contributed by atoms with Gasteiger partial charge in [0.25, 0.3) is 0 Å². The van der Waals surface area contributed by atoms with Crippen LogP contribution in [0, 0.1) is 0 Å². The smallest absolute Gasteiger partial charge is 0.238 e. The molecular weight excluding hydrogens is 350 g/mol. The van der Waals surface area contributed by atoms with Crippen LogP contribution in [0.3, 0.4) is 0 Å². The molecule has 2 N–H and O–H groups in total. The van der Waals surface area contributed by atoms with E-state index in [9.17, 15) is 8.42 Å². The van der Waals surface area contributed by atoms with E-state index in [1.54, 1.807) is 30.5 Å². The molecule has 3 rings (SSSR count). The van der Waals surface area contributed by atoms with Crippen LogP contribution < -0.4 is 9.88 Å². The molecule has 124 valence electrons. The molecule has 0 fully saturated rings. The number of benzene rings is 2. The van der Waals surface area contributed by atoms with E-state index in [1.807, 2.05) is 16.7 Å². The van der Waals surface area contributed by atoms with Gasteiger partial charge in [-0.1, -0.05) is 11.6 Å². The SMILES string of the molecule is COc1cn(-c2ccc(Cl)cc2)c(-c2ccc(S(N)(=O)=O)cc2)n1. The third kappa shape index (κ3) is 3.28. The number of nitrogens with zero attached hydrogens (tertiary/aromatic N) is 2. The van der Waals surface area contributed by atoms with Crippen LogP contribution in [0.2, 0.25) is 5.02 Å². The summed E-state index contributed by atoms with van der Waals surface area (Å²) in [4.78, 5) is 4.46. The largest absolute Gasteiger partial charge is 0.480 e. The van der Waals surface area contributed by atoms with E-state index in [2.05, 4.69) is 4.98 Å². The Bertz CT molecular complexity index is 965. The van der Waals surface area contributed by atoms with Crippen LogP contribution in [0.5, 0.6) is 5.88 Å². The molecule has 8 heteroatoms. The maximum atomic E-state index is 11.4. The van der Waals surface area contributed by atoms with Gasteiger partial charge in [-0.3, -0.25) is 4.57 Å². The zero-order valence-electron chi connectivity index (χ0n) is 12.7. The van der Waals surface area contributed by atoms with Crippen LogP contribution in [0.4, 0.5) is 0 Å². The second kappa shape index (κ2) is 6.27. The maximum Gasteiger partial charge on any atom is 0.238 e. The van der Waals surface area contributed by atoms with Gasteiger partial charge in [0, 0.05) is 16.3 Å². The number of hydrogen-bond acceptors (Lipinski definition) is 4. The minimum Gasteiger partial charge on any atom is -0.480 e. The van der Waals surface area contributed by atoms with E-state index in [4.69, 9.17) is 21.5 Å². The number of ether oxygens (including phenoxy) is 1. The Morgan fingerprint density at radius 3 is 2.25 bits per heavy atom. The van der Waals surface area contributed by atoms with Crippen molar-refractivity contribution in [2.45, 2.75) is 4.90 Å². The number of sulfonamides is 1. The Balaban J connectivity index is 2.10. The normalized spacial score (nSPS) is 11.5. The van der Waals surface area contributed by atoms with E-state index in [1.165, 1.54) is 19.2 Å².